The van der Waals surface area contributed by atoms with Crippen molar-refractivity contribution in [2.24, 2.45) is 5.92 Å². The number of hydrogen-bond donors (Lipinski definition) is 1. The molecule has 100 valence electrons. The summed E-state index contributed by atoms with van der Waals surface area (Å²) >= 11 is 0. The first-order chi connectivity index (χ1) is 8.79. The molecular formula is C16H25NO. The molecule has 2 heteroatoms. The molecule has 0 aromatic heterocycles. The lowest BCUT2D eigenvalue weighted by Crippen LogP contribution is -2.30. The van der Waals surface area contributed by atoms with Gasteiger partial charge in [0, 0.05) is 11.7 Å². The van der Waals surface area contributed by atoms with Crippen LogP contribution in [0.3, 0.4) is 0 Å². The molecular weight excluding hydrogens is 222 g/mol. The van der Waals surface area contributed by atoms with Crippen molar-refractivity contribution >= 4 is 5.69 Å². The summed E-state index contributed by atoms with van der Waals surface area (Å²) in [6.07, 6.45) is 6.47. The maximum absolute atomic E-state index is 5.59. The molecule has 1 N–H and O–H groups in total. The van der Waals surface area contributed by atoms with Gasteiger partial charge in [0.15, 0.2) is 0 Å². The molecule has 18 heavy (non-hydrogen) atoms. The summed E-state index contributed by atoms with van der Waals surface area (Å²) in [5.74, 6) is 1.76. The molecule has 2 unspecified atom stereocenters. The Morgan fingerprint density at radius 2 is 1.89 bits per heavy atom. The molecule has 0 amide bonds. The van der Waals surface area contributed by atoms with Gasteiger partial charge in [0.25, 0.3) is 0 Å². The highest BCUT2D eigenvalue weighted by molar-refractivity contribution is 5.47. The van der Waals surface area contributed by atoms with Crippen LogP contribution in [0, 0.1) is 5.92 Å². The van der Waals surface area contributed by atoms with Crippen LogP contribution >= 0.6 is 0 Å². The second-order valence-electron chi connectivity index (χ2n) is 5.39. The van der Waals surface area contributed by atoms with Crippen molar-refractivity contribution in [3.05, 3.63) is 24.3 Å². The summed E-state index contributed by atoms with van der Waals surface area (Å²) in [7, 11) is 0. The van der Waals surface area contributed by atoms with Crippen LogP contribution in [0.25, 0.3) is 0 Å². The van der Waals surface area contributed by atoms with E-state index < -0.39 is 0 Å². The second-order valence-corrected chi connectivity index (χ2v) is 5.39. The molecule has 0 heterocycles. The molecule has 2 atom stereocenters. The Morgan fingerprint density at radius 1 is 1.17 bits per heavy atom. The SMILES string of the molecule is CCCOc1ccc(NC2CCCCC2C)cc1. The summed E-state index contributed by atoms with van der Waals surface area (Å²) in [4.78, 5) is 0. The van der Waals surface area contributed by atoms with Gasteiger partial charge in [-0.15, -0.1) is 0 Å². The van der Waals surface area contributed by atoms with E-state index in [1.54, 1.807) is 0 Å². The van der Waals surface area contributed by atoms with Crippen molar-refractivity contribution in [2.45, 2.75) is 52.0 Å². The molecule has 1 fully saturated rings. The maximum atomic E-state index is 5.59. The van der Waals surface area contributed by atoms with Crippen LogP contribution in [0.5, 0.6) is 5.75 Å². The third-order valence-corrected chi connectivity index (χ3v) is 3.79. The second kappa shape index (κ2) is 6.67. The highest BCUT2D eigenvalue weighted by atomic mass is 16.5. The average Bonchev–Trinajstić information content (AvgIpc) is 2.41. The Bertz CT molecular complexity index is 347. The summed E-state index contributed by atoms with van der Waals surface area (Å²) < 4.78 is 5.59. The van der Waals surface area contributed by atoms with Gasteiger partial charge in [-0.2, -0.15) is 0 Å². The Kier molecular flexibility index (Phi) is 4.91. The predicted octanol–water partition coefficient (Wildman–Crippen LogP) is 4.47. The molecule has 0 bridgehead atoms. The first kappa shape index (κ1) is 13.3. The third kappa shape index (κ3) is 3.66. The molecule has 1 aliphatic carbocycles. The van der Waals surface area contributed by atoms with Gasteiger partial charge in [-0.3, -0.25) is 0 Å². The Hall–Kier alpha value is -1.18. The zero-order valence-electron chi connectivity index (χ0n) is 11.6. The van der Waals surface area contributed by atoms with E-state index in [1.807, 2.05) is 0 Å². The largest absolute Gasteiger partial charge is 0.494 e. The lowest BCUT2D eigenvalue weighted by atomic mass is 9.86. The van der Waals surface area contributed by atoms with Crippen LogP contribution < -0.4 is 10.1 Å². The van der Waals surface area contributed by atoms with Crippen LogP contribution in [0.4, 0.5) is 5.69 Å². The average molecular weight is 247 g/mol. The molecule has 0 aliphatic heterocycles. The lowest BCUT2D eigenvalue weighted by Gasteiger charge is -2.30. The number of hydrogen-bond acceptors (Lipinski definition) is 2. The van der Waals surface area contributed by atoms with Crippen LogP contribution in [0.1, 0.15) is 46.0 Å². The van der Waals surface area contributed by atoms with Gasteiger partial charge in [0.1, 0.15) is 5.75 Å². The summed E-state index contributed by atoms with van der Waals surface area (Å²) in [5.41, 5.74) is 1.22. The van der Waals surface area contributed by atoms with E-state index in [4.69, 9.17) is 4.74 Å². The van der Waals surface area contributed by atoms with Crippen molar-refractivity contribution in [1.82, 2.24) is 0 Å². The van der Waals surface area contributed by atoms with E-state index in [0.29, 0.717) is 6.04 Å². The number of nitrogens with one attached hydrogen (secondary N) is 1. The van der Waals surface area contributed by atoms with E-state index >= 15 is 0 Å². The van der Waals surface area contributed by atoms with E-state index in [0.717, 1.165) is 24.7 Å². The van der Waals surface area contributed by atoms with E-state index in [2.05, 4.69) is 43.4 Å². The molecule has 1 aromatic rings. The maximum Gasteiger partial charge on any atom is 0.119 e. The predicted molar refractivity (Wildman–Crippen MR) is 77.3 cm³/mol. The number of benzene rings is 1. The van der Waals surface area contributed by atoms with Crippen molar-refractivity contribution in [1.29, 1.82) is 0 Å². The molecule has 2 nitrogen and oxygen atoms in total. The van der Waals surface area contributed by atoms with E-state index in [-0.39, 0.29) is 0 Å². The van der Waals surface area contributed by atoms with Crippen LogP contribution in [-0.2, 0) is 0 Å². The Morgan fingerprint density at radius 3 is 2.56 bits per heavy atom. The van der Waals surface area contributed by atoms with E-state index in [9.17, 15) is 0 Å². The summed E-state index contributed by atoms with van der Waals surface area (Å²) in [5, 5.41) is 3.66. The minimum absolute atomic E-state index is 0.640. The standard InChI is InChI=1S/C16H25NO/c1-3-12-18-15-10-8-14(9-11-15)17-16-7-5-4-6-13(16)2/h8-11,13,16-17H,3-7,12H2,1-2H3. The van der Waals surface area contributed by atoms with Crippen molar-refractivity contribution in [3.8, 4) is 5.75 Å². The van der Waals surface area contributed by atoms with Crippen molar-refractivity contribution < 1.29 is 4.74 Å². The van der Waals surface area contributed by atoms with E-state index in [1.165, 1.54) is 31.4 Å². The number of anilines is 1. The van der Waals surface area contributed by atoms with Gasteiger partial charge in [-0.1, -0.05) is 26.7 Å². The van der Waals surface area contributed by atoms with Crippen LogP contribution in [-0.4, -0.2) is 12.6 Å². The van der Waals surface area contributed by atoms with Crippen molar-refractivity contribution in [2.75, 3.05) is 11.9 Å². The smallest absolute Gasteiger partial charge is 0.119 e. The fourth-order valence-corrected chi connectivity index (χ4v) is 2.61. The molecule has 1 aromatic carbocycles. The first-order valence-corrected chi connectivity index (χ1v) is 7.29. The minimum atomic E-state index is 0.640. The first-order valence-electron chi connectivity index (χ1n) is 7.29. The van der Waals surface area contributed by atoms with Gasteiger partial charge in [-0.05, 0) is 49.4 Å². The van der Waals surface area contributed by atoms with Gasteiger partial charge >= 0.3 is 0 Å². The topological polar surface area (TPSA) is 21.3 Å². The van der Waals surface area contributed by atoms with Crippen LogP contribution in [0.2, 0.25) is 0 Å². The summed E-state index contributed by atoms with van der Waals surface area (Å²) in [6.45, 7) is 5.28. The molecule has 0 saturated heterocycles. The Balaban J connectivity index is 1.89. The molecule has 1 saturated carbocycles. The van der Waals surface area contributed by atoms with Gasteiger partial charge in [0.05, 0.1) is 6.61 Å². The third-order valence-electron chi connectivity index (χ3n) is 3.79. The zero-order valence-corrected chi connectivity index (χ0v) is 11.6. The monoisotopic (exact) mass is 247 g/mol. The molecule has 0 radical (unpaired) electrons. The normalized spacial score (nSPS) is 23.7. The quantitative estimate of drug-likeness (QED) is 0.829. The summed E-state index contributed by atoms with van der Waals surface area (Å²) in [6, 6.07) is 9.02. The van der Waals surface area contributed by atoms with Crippen LogP contribution in [0.15, 0.2) is 24.3 Å². The van der Waals surface area contributed by atoms with Gasteiger partial charge in [0.2, 0.25) is 0 Å². The number of rotatable bonds is 5. The minimum Gasteiger partial charge on any atom is -0.494 e. The number of ether oxygens (including phenoxy) is 1. The Labute approximate surface area is 111 Å². The molecule has 2 rings (SSSR count). The fourth-order valence-electron chi connectivity index (χ4n) is 2.61. The highest BCUT2D eigenvalue weighted by Crippen LogP contribution is 2.27. The van der Waals surface area contributed by atoms with Gasteiger partial charge in [-0.25, -0.2) is 0 Å². The highest BCUT2D eigenvalue weighted by Gasteiger charge is 2.20. The fraction of sp³-hybridized carbons (Fsp3) is 0.625. The molecule has 1 aliphatic rings. The lowest BCUT2D eigenvalue weighted by molar-refractivity contribution is 0.317. The van der Waals surface area contributed by atoms with Gasteiger partial charge < -0.3 is 10.1 Å². The van der Waals surface area contributed by atoms with Crippen molar-refractivity contribution in [3.63, 3.8) is 0 Å². The molecule has 0 spiro atoms. The zero-order chi connectivity index (χ0) is 12.8.